The van der Waals surface area contributed by atoms with Crippen LogP contribution in [0.15, 0.2) is 39.9 Å². The molecule has 2 amide bonds. The van der Waals surface area contributed by atoms with Gasteiger partial charge in [-0.1, -0.05) is 46.9 Å². The van der Waals surface area contributed by atoms with Crippen LogP contribution in [0.4, 0.5) is 10.1 Å². The molecule has 3 N–H and O–H groups in total. The van der Waals surface area contributed by atoms with Gasteiger partial charge >= 0.3 is 0 Å². The second-order valence-corrected chi connectivity index (χ2v) is 6.63. The van der Waals surface area contributed by atoms with Gasteiger partial charge in [0, 0.05) is 4.88 Å². The molecule has 1 aromatic carbocycles. The standard InChI is InChI=1S/C14H8Cl3FN2O2S/c15-10(12(16)17)14(22)20-8-5-9(23-11(8)13(19)21)6-1-3-7(18)4-2-6/h1-5H,(H2,19,21)(H,20,22). The molecule has 0 unspecified atom stereocenters. The molecule has 0 fully saturated rings. The predicted octanol–water partition coefficient (Wildman–Crippen LogP) is 4.48. The summed E-state index contributed by atoms with van der Waals surface area (Å²) in [6.07, 6.45) is 0. The lowest BCUT2D eigenvalue weighted by atomic mass is 10.2. The molecule has 120 valence electrons. The van der Waals surface area contributed by atoms with Gasteiger partial charge in [-0.05, 0) is 23.8 Å². The van der Waals surface area contributed by atoms with E-state index in [-0.39, 0.29) is 16.4 Å². The number of carbonyl (C=O) groups is 2. The van der Waals surface area contributed by atoms with E-state index in [2.05, 4.69) is 5.32 Å². The van der Waals surface area contributed by atoms with Crippen LogP contribution < -0.4 is 11.1 Å². The first kappa shape index (κ1) is 17.7. The van der Waals surface area contributed by atoms with Crippen LogP contribution in [0.25, 0.3) is 10.4 Å². The quantitative estimate of drug-likeness (QED) is 0.752. The van der Waals surface area contributed by atoms with Crippen molar-refractivity contribution in [3.05, 3.63) is 50.5 Å². The first-order valence-corrected chi connectivity index (χ1v) is 7.96. The Labute approximate surface area is 149 Å². The van der Waals surface area contributed by atoms with Gasteiger partial charge in [0.1, 0.15) is 20.2 Å². The number of hydrogen-bond acceptors (Lipinski definition) is 3. The van der Waals surface area contributed by atoms with Crippen molar-refractivity contribution in [1.82, 2.24) is 0 Å². The Morgan fingerprint density at radius 1 is 1.13 bits per heavy atom. The van der Waals surface area contributed by atoms with Crippen LogP contribution in [-0.2, 0) is 4.79 Å². The zero-order chi connectivity index (χ0) is 17.1. The lowest BCUT2D eigenvalue weighted by molar-refractivity contribution is -0.112. The van der Waals surface area contributed by atoms with Crippen LogP contribution in [0, 0.1) is 5.82 Å². The minimum absolute atomic E-state index is 0.118. The normalized spacial score (nSPS) is 10.3. The van der Waals surface area contributed by atoms with E-state index in [1.165, 1.54) is 18.2 Å². The van der Waals surface area contributed by atoms with Crippen molar-refractivity contribution in [3.63, 3.8) is 0 Å². The molecule has 0 radical (unpaired) electrons. The SMILES string of the molecule is NC(=O)c1sc(-c2ccc(F)cc2)cc1NC(=O)C(Cl)=C(Cl)Cl. The largest absolute Gasteiger partial charge is 0.365 e. The number of benzene rings is 1. The Balaban J connectivity index is 2.40. The lowest BCUT2D eigenvalue weighted by Crippen LogP contribution is -2.16. The van der Waals surface area contributed by atoms with Gasteiger partial charge in [0.25, 0.3) is 11.8 Å². The number of rotatable bonds is 4. The summed E-state index contributed by atoms with van der Waals surface area (Å²) in [6.45, 7) is 0. The first-order chi connectivity index (χ1) is 10.8. The maximum absolute atomic E-state index is 13.0. The fourth-order valence-corrected chi connectivity index (χ4v) is 2.88. The number of primary amides is 1. The predicted molar refractivity (Wildman–Crippen MR) is 91.4 cm³/mol. The molecule has 0 aliphatic carbocycles. The summed E-state index contributed by atoms with van der Waals surface area (Å²) in [4.78, 5) is 24.1. The van der Waals surface area contributed by atoms with Crippen molar-refractivity contribution >= 4 is 63.6 Å². The van der Waals surface area contributed by atoms with Gasteiger partial charge in [-0.3, -0.25) is 9.59 Å². The lowest BCUT2D eigenvalue weighted by Gasteiger charge is -2.03. The summed E-state index contributed by atoms with van der Waals surface area (Å²) < 4.78 is 12.6. The van der Waals surface area contributed by atoms with Crippen molar-refractivity contribution in [2.75, 3.05) is 5.32 Å². The Bertz CT molecular complexity index is 799. The second kappa shape index (κ2) is 7.31. The van der Waals surface area contributed by atoms with Gasteiger partial charge in [-0.2, -0.15) is 0 Å². The molecule has 0 spiro atoms. The van der Waals surface area contributed by atoms with Crippen molar-refractivity contribution in [3.8, 4) is 10.4 Å². The molecule has 0 aliphatic heterocycles. The molecular weight excluding hydrogens is 386 g/mol. The summed E-state index contributed by atoms with van der Waals surface area (Å²) in [7, 11) is 0. The van der Waals surface area contributed by atoms with Crippen molar-refractivity contribution in [2.24, 2.45) is 5.73 Å². The summed E-state index contributed by atoms with van der Waals surface area (Å²) in [5.74, 6) is -1.89. The number of anilines is 1. The van der Waals surface area contributed by atoms with Crippen LogP contribution in [-0.4, -0.2) is 11.8 Å². The van der Waals surface area contributed by atoms with E-state index < -0.39 is 21.3 Å². The van der Waals surface area contributed by atoms with E-state index in [0.29, 0.717) is 10.4 Å². The number of nitrogens with two attached hydrogens (primary N) is 1. The highest BCUT2D eigenvalue weighted by molar-refractivity contribution is 7.18. The minimum atomic E-state index is -0.780. The average Bonchev–Trinajstić information content (AvgIpc) is 2.91. The van der Waals surface area contributed by atoms with Crippen LogP contribution in [0.1, 0.15) is 9.67 Å². The number of hydrogen-bond donors (Lipinski definition) is 2. The molecule has 1 heterocycles. The number of halogens is 4. The highest BCUT2D eigenvalue weighted by Crippen LogP contribution is 2.35. The van der Waals surface area contributed by atoms with E-state index >= 15 is 0 Å². The monoisotopic (exact) mass is 392 g/mol. The van der Waals surface area contributed by atoms with Gasteiger partial charge in [0.15, 0.2) is 0 Å². The molecule has 23 heavy (non-hydrogen) atoms. The van der Waals surface area contributed by atoms with Crippen molar-refractivity contribution in [2.45, 2.75) is 0 Å². The Morgan fingerprint density at radius 2 is 1.74 bits per heavy atom. The number of carbonyl (C=O) groups excluding carboxylic acids is 2. The molecule has 0 aliphatic rings. The van der Waals surface area contributed by atoms with Crippen molar-refractivity contribution in [1.29, 1.82) is 0 Å². The summed E-state index contributed by atoms with van der Waals surface area (Å²) in [5.41, 5.74) is 6.13. The molecule has 9 heteroatoms. The topological polar surface area (TPSA) is 72.2 Å². The van der Waals surface area contributed by atoms with Crippen LogP contribution >= 0.6 is 46.1 Å². The number of nitrogens with one attached hydrogen (secondary N) is 1. The van der Waals surface area contributed by atoms with Crippen LogP contribution in [0.3, 0.4) is 0 Å². The van der Waals surface area contributed by atoms with Gasteiger partial charge in [0.2, 0.25) is 0 Å². The van der Waals surface area contributed by atoms with E-state index in [4.69, 9.17) is 40.5 Å². The van der Waals surface area contributed by atoms with E-state index in [9.17, 15) is 14.0 Å². The summed E-state index contributed by atoms with van der Waals surface area (Å²) >= 11 is 17.6. The smallest absolute Gasteiger partial charge is 0.269 e. The molecular formula is C14H8Cl3FN2O2S. The Morgan fingerprint density at radius 3 is 2.26 bits per heavy atom. The first-order valence-electron chi connectivity index (χ1n) is 6.01. The zero-order valence-electron chi connectivity index (χ0n) is 11.2. The fourth-order valence-electron chi connectivity index (χ4n) is 1.69. The third-order valence-corrected chi connectivity index (χ3v) is 4.83. The zero-order valence-corrected chi connectivity index (χ0v) is 14.3. The maximum Gasteiger partial charge on any atom is 0.269 e. The Kier molecular flexibility index (Phi) is 5.64. The molecule has 0 saturated carbocycles. The third-order valence-electron chi connectivity index (χ3n) is 2.70. The summed E-state index contributed by atoms with van der Waals surface area (Å²) in [6, 6.07) is 7.18. The van der Waals surface area contributed by atoms with E-state index in [1.54, 1.807) is 12.1 Å². The maximum atomic E-state index is 13.0. The third kappa shape index (κ3) is 4.23. The van der Waals surface area contributed by atoms with Gasteiger partial charge in [-0.25, -0.2) is 4.39 Å². The highest BCUT2D eigenvalue weighted by Gasteiger charge is 2.19. The highest BCUT2D eigenvalue weighted by atomic mass is 35.5. The van der Waals surface area contributed by atoms with Crippen molar-refractivity contribution < 1.29 is 14.0 Å². The van der Waals surface area contributed by atoms with Gasteiger partial charge < -0.3 is 11.1 Å². The van der Waals surface area contributed by atoms with E-state index in [0.717, 1.165) is 11.3 Å². The summed E-state index contributed by atoms with van der Waals surface area (Å²) in [5, 5.41) is 1.99. The number of thiophene rings is 1. The molecule has 0 atom stereocenters. The molecule has 0 bridgehead atoms. The molecule has 2 rings (SSSR count). The number of amides is 2. The minimum Gasteiger partial charge on any atom is -0.365 e. The molecule has 1 aromatic heterocycles. The van der Waals surface area contributed by atoms with Crippen LogP contribution in [0.2, 0.25) is 0 Å². The molecule has 4 nitrogen and oxygen atoms in total. The average molecular weight is 394 g/mol. The molecule has 0 saturated heterocycles. The second-order valence-electron chi connectivity index (χ2n) is 4.25. The van der Waals surface area contributed by atoms with Crippen LogP contribution in [0.5, 0.6) is 0 Å². The van der Waals surface area contributed by atoms with Gasteiger partial charge in [-0.15, -0.1) is 11.3 Å². The Hall–Kier alpha value is -1.60. The van der Waals surface area contributed by atoms with Gasteiger partial charge in [0.05, 0.1) is 5.69 Å². The van der Waals surface area contributed by atoms with E-state index in [1.807, 2.05) is 0 Å². The molecule has 2 aromatic rings. The fraction of sp³-hybridized carbons (Fsp3) is 0.